The van der Waals surface area contributed by atoms with Crippen molar-refractivity contribution in [3.8, 4) is 5.75 Å². The van der Waals surface area contributed by atoms with E-state index >= 15 is 0 Å². The first-order valence-electron chi connectivity index (χ1n) is 10.5. The molecule has 2 heterocycles. The van der Waals surface area contributed by atoms with Gasteiger partial charge in [0.25, 0.3) is 5.91 Å². The van der Waals surface area contributed by atoms with Crippen LogP contribution in [0.3, 0.4) is 0 Å². The normalized spacial score (nSPS) is 19.6. The minimum atomic E-state index is -3.81. The van der Waals surface area contributed by atoms with E-state index in [2.05, 4.69) is 10.6 Å². The number of nitrogens with zero attached hydrogens (tertiary/aromatic N) is 1. The van der Waals surface area contributed by atoms with Crippen LogP contribution >= 0.6 is 0 Å². The van der Waals surface area contributed by atoms with Gasteiger partial charge in [0.15, 0.2) is 6.10 Å². The topological polar surface area (TPSA) is 105 Å². The molecule has 2 amide bonds. The van der Waals surface area contributed by atoms with Crippen molar-refractivity contribution >= 4 is 33.2 Å². The van der Waals surface area contributed by atoms with E-state index in [4.69, 9.17) is 4.74 Å². The zero-order chi connectivity index (χ0) is 22.9. The fourth-order valence-corrected chi connectivity index (χ4v) is 5.36. The first kappa shape index (κ1) is 22.2. The highest BCUT2D eigenvalue weighted by Crippen LogP contribution is 2.34. The number of carbonyl (C=O) groups is 2. The summed E-state index contributed by atoms with van der Waals surface area (Å²) in [6.07, 6.45) is 0.551. The van der Waals surface area contributed by atoms with Gasteiger partial charge < -0.3 is 15.4 Å². The highest BCUT2D eigenvalue weighted by atomic mass is 32.2. The highest BCUT2D eigenvalue weighted by Gasteiger charge is 2.34. The number of sulfonamides is 1. The van der Waals surface area contributed by atoms with Crippen LogP contribution in [0.1, 0.15) is 26.2 Å². The van der Waals surface area contributed by atoms with Gasteiger partial charge >= 0.3 is 0 Å². The first-order valence-corrected chi connectivity index (χ1v) is 11.9. The molecular formula is C22H24FN3O5S. The van der Waals surface area contributed by atoms with E-state index in [9.17, 15) is 22.4 Å². The lowest BCUT2D eigenvalue weighted by Gasteiger charge is -2.31. The van der Waals surface area contributed by atoms with E-state index < -0.39 is 27.9 Å². The molecule has 2 aliphatic heterocycles. The highest BCUT2D eigenvalue weighted by molar-refractivity contribution is 7.89. The first-order chi connectivity index (χ1) is 15.3. The fraction of sp³-hybridized carbons (Fsp3) is 0.364. The minimum absolute atomic E-state index is 0.0457. The second kappa shape index (κ2) is 8.87. The Morgan fingerprint density at radius 3 is 2.62 bits per heavy atom. The van der Waals surface area contributed by atoms with E-state index in [1.54, 1.807) is 12.1 Å². The molecule has 170 valence electrons. The standard InChI is InChI=1S/C22H24FN3O5S/c1-2-19-22(28)25-18-13-15(7-8-20(18)31-19)32(29,30)26-11-9-14(10-12-26)21(27)24-17-6-4-3-5-16(17)23/h3-8,13-14,19H,2,9-12H2,1H3,(H,24,27)(H,25,28)/t19-/m0/s1. The Bertz CT molecular complexity index is 1150. The van der Waals surface area contributed by atoms with Crippen LogP contribution in [0.15, 0.2) is 47.4 Å². The molecule has 0 unspecified atom stereocenters. The average molecular weight is 462 g/mol. The van der Waals surface area contributed by atoms with E-state index in [1.165, 1.54) is 34.6 Å². The van der Waals surface area contributed by atoms with E-state index in [-0.39, 0.29) is 35.5 Å². The van der Waals surface area contributed by atoms with Gasteiger partial charge in [-0.3, -0.25) is 9.59 Å². The van der Waals surface area contributed by atoms with Crippen molar-refractivity contribution in [1.29, 1.82) is 0 Å². The Morgan fingerprint density at radius 1 is 1.22 bits per heavy atom. The van der Waals surface area contributed by atoms with Gasteiger partial charge in [0.2, 0.25) is 15.9 Å². The molecule has 0 saturated carbocycles. The maximum absolute atomic E-state index is 13.8. The number of hydrogen-bond donors (Lipinski definition) is 2. The fourth-order valence-electron chi connectivity index (χ4n) is 3.86. The number of anilines is 2. The molecule has 32 heavy (non-hydrogen) atoms. The van der Waals surface area contributed by atoms with Crippen LogP contribution in [0.25, 0.3) is 0 Å². The summed E-state index contributed by atoms with van der Waals surface area (Å²) in [7, 11) is -3.81. The quantitative estimate of drug-likeness (QED) is 0.712. The van der Waals surface area contributed by atoms with Gasteiger partial charge in [-0.2, -0.15) is 4.31 Å². The van der Waals surface area contributed by atoms with Crippen LogP contribution in [-0.2, 0) is 19.6 Å². The maximum Gasteiger partial charge on any atom is 0.265 e. The number of fused-ring (bicyclic) bond motifs is 1. The number of halogens is 1. The van der Waals surface area contributed by atoms with Crippen LogP contribution < -0.4 is 15.4 Å². The second-order valence-electron chi connectivity index (χ2n) is 7.81. The molecule has 2 aromatic rings. The number of hydrogen-bond acceptors (Lipinski definition) is 5. The molecule has 0 aromatic heterocycles. The van der Waals surface area contributed by atoms with Gasteiger partial charge in [0.1, 0.15) is 11.6 Å². The molecule has 4 rings (SSSR count). The number of benzene rings is 2. The van der Waals surface area contributed by atoms with E-state index in [0.717, 1.165) is 0 Å². The minimum Gasteiger partial charge on any atom is -0.478 e. The zero-order valence-corrected chi connectivity index (χ0v) is 18.3. The maximum atomic E-state index is 13.8. The number of carbonyl (C=O) groups excluding carboxylic acids is 2. The summed E-state index contributed by atoms with van der Waals surface area (Å²) < 4.78 is 46.9. The summed E-state index contributed by atoms with van der Waals surface area (Å²) >= 11 is 0. The lowest BCUT2D eigenvalue weighted by atomic mass is 9.97. The SMILES string of the molecule is CC[C@@H]1Oc2ccc(S(=O)(=O)N3CCC(C(=O)Nc4ccccc4F)CC3)cc2NC1=O. The van der Waals surface area contributed by atoms with Crippen molar-refractivity contribution in [2.45, 2.75) is 37.2 Å². The molecule has 0 spiro atoms. The third-order valence-corrected chi connectivity index (χ3v) is 7.63. The van der Waals surface area contributed by atoms with Crippen molar-refractivity contribution in [3.05, 3.63) is 48.3 Å². The Balaban J connectivity index is 1.42. The molecule has 2 aromatic carbocycles. The predicted octanol–water partition coefficient (Wildman–Crippen LogP) is 2.97. The van der Waals surface area contributed by atoms with E-state index in [0.29, 0.717) is 30.7 Å². The van der Waals surface area contributed by atoms with Gasteiger partial charge in [-0.15, -0.1) is 0 Å². The smallest absolute Gasteiger partial charge is 0.265 e. The molecule has 0 bridgehead atoms. The number of para-hydroxylation sites is 1. The lowest BCUT2D eigenvalue weighted by Crippen LogP contribution is -2.41. The number of amides is 2. The Morgan fingerprint density at radius 2 is 1.94 bits per heavy atom. The molecule has 0 radical (unpaired) electrons. The molecule has 2 aliphatic rings. The zero-order valence-electron chi connectivity index (χ0n) is 17.5. The number of rotatable bonds is 5. The Hall–Kier alpha value is -2.98. The van der Waals surface area contributed by atoms with Crippen molar-refractivity contribution in [2.75, 3.05) is 23.7 Å². The van der Waals surface area contributed by atoms with Gasteiger partial charge in [-0.1, -0.05) is 19.1 Å². The molecule has 10 heteroatoms. The number of nitrogens with one attached hydrogen (secondary N) is 2. The van der Waals surface area contributed by atoms with Crippen LogP contribution in [0.5, 0.6) is 5.75 Å². The Labute approximate surface area is 185 Å². The lowest BCUT2D eigenvalue weighted by molar-refractivity contribution is -0.123. The van der Waals surface area contributed by atoms with Gasteiger partial charge in [0, 0.05) is 19.0 Å². The average Bonchev–Trinajstić information content (AvgIpc) is 2.79. The van der Waals surface area contributed by atoms with Crippen molar-refractivity contribution < 1.29 is 27.1 Å². The summed E-state index contributed by atoms with van der Waals surface area (Å²) in [5.74, 6) is -1.14. The van der Waals surface area contributed by atoms with Crippen LogP contribution in [0, 0.1) is 11.7 Å². The molecule has 1 atom stereocenters. The predicted molar refractivity (Wildman–Crippen MR) is 116 cm³/mol. The second-order valence-corrected chi connectivity index (χ2v) is 9.75. The summed E-state index contributed by atoms with van der Waals surface area (Å²) in [5, 5.41) is 5.27. The summed E-state index contributed by atoms with van der Waals surface area (Å²) in [4.78, 5) is 24.6. The van der Waals surface area contributed by atoms with Crippen molar-refractivity contribution in [1.82, 2.24) is 4.31 Å². The molecule has 1 saturated heterocycles. The summed E-state index contributed by atoms with van der Waals surface area (Å²) in [6.45, 7) is 2.15. The van der Waals surface area contributed by atoms with E-state index in [1.807, 2.05) is 6.92 Å². The molecule has 1 fully saturated rings. The van der Waals surface area contributed by atoms with Crippen molar-refractivity contribution in [2.24, 2.45) is 5.92 Å². The van der Waals surface area contributed by atoms with Crippen molar-refractivity contribution in [3.63, 3.8) is 0 Å². The van der Waals surface area contributed by atoms with Gasteiger partial charge in [-0.05, 0) is 49.6 Å². The van der Waals surface area contributed by atoms with Crippen LogP contribution in [-0.4, -0.2) is 43.7 Å². The third-order valence-electron chi connectivity index (χ3n) is 5.74. The Kier molecular flexibility index (Phi) is 6.16. The third kappa shape index (κ3) is 4.33. The summed E-state index contributed by atoms with van der Waals surface area (Å²) in [6, 6.07) is 10.3. The number of piperidine rings is 1. The monoisotopic (exact) mass is 461 g/mol. The van der Waals surface area contributed by atoms with Crippen LogP contribution in [0.4, 0.5) is 15.8 Å². The van der Waals surface area contributed by atoms with Crippen LogP contribution in [0.2, 0.25) is 0 Å². The molecular weight excluding hydrogens is 437 g/mol. The molecule has 2 N–H and O–H groups in total. The van der Waals surface area contributed by atoms with Gasteiger partial charge in [0.05, 0.1) is 16.3 Å². The number of ether oxygens (including phenoxy) is 1. The van der Waals surface area contributed by atoms with Gasteiger partial charge in [-0.25, -0.2) is 12.8 Å². The molecule has 0 aliphatic carbocycles. The largest absolute Gasteiger partial charge is 0.478 e. The summed E-state index contributed by atoms with van der Waals surface area (Å²) in [5.41, 5.74) is 0.427. The molecule has 8 nitrogen and oxygen atoms in total.